The van der Waals surface area contributed by atoms with Crippen LogP contribution in [0.15, 0.2) is 46.9 Å². The predicted octanol–water partition coefficient (Wildman–Crippen LogP) is 3.37. The van der Waals surface area contributed by atoms with Crippen molar-refractivity contribution >= 4 is 17.0 Å². The fourth-order valence-corrected chi connectivity index (χ4v) is 2.80. The fraction of sp³-hybridized carbons (Fsp3) is 0.263. The molecule has 4 rings (SSSR count). The van der Waals surface area contributed by atoms with Gasteiger partial charge in [-0.3, -0.25) is 4.79 Å². The normalized spacial score (nSPS) is 13.8. The number of amides is 1. The molecule has 2 aromatic carbocycles. The van der Waals surface area contributed by atoms with E-state index in [1.807, 2.05) is 49.4 Å². The molecule has 25 heavy (non-hydrogen) atoms. The molecule has 0 saturated heterocycles. The van der Waals surface area contributed by atoms with Gasteiger partial charge in [-0.15, -0.1) is 0 Å². The summed E-state index contributed by atoms with van der Waals surface area (Å²) in [5, 5.41) is 2.93. The maximum absolute atomic E-state index is 12.2. The molecule has 1 atom stereocenters. The van der Waals surface area contributed by atoms with Crippen molar-refractivity contribution in [3.63, 3.8) is 0 Å². The number of carbonyl (C=O) groups excluding carboxylic acids is 1. The highest BCUT2D eigenvalue weighted by Crippen LogP contribution is 2.32. The van der Waals surface area contributed by atoms with Gasteiger partial charge in [0.2, 0.25) is 18.6 Å². The van der Waals surface area contributed by atoms with Crippen LogP contribution in [-0.2, 0) is 11.2 Å². The molecule has 1 aliphatic heterocycles. The van der Waals surface area contributed by atoms with Crippen molar-refractivity contribution in [1.29, 1.82) is 0 Å². The number of hydrogen-bond acceptors (Lipinski definition) is 5. The summed E-state index contributed by atoms with van der Waals surface area (Å²) < 4.78 is 16.3. The summed E-state index contributed by atoms with van der Waals surface area (Å²) in [7, 11) is 0. The number of hydrogen-bond donors (Lipinski definition) is 1. The van der Waals surface area contributed by atoms with E-state index in [1.165, 1.54) is 0 Å². The number of nitrogens with zero attached hydrogens (tertiary/aromatic N) is 1. The summed E-state index contributed by atoms with van der Waals surface area (Å²) >= 11 is 0. The number of rotatable bonds is 5. The lowest BCUT2D eigenvalue weighted by Crippen LogP contribution is -2.27. The van der Waals surface area contributed by atoms with Crippen LogP contribution in [-0.4, -0.2) is 17.7 Å². The molecule has 1 aromatic heterocycles. The average molecular weight is 338 g/mol. The zero-order valence-corrected chi connectivity index (χ0v) is 13.8. The molecule has 0 fully saturated rings. The molecule has 0 radical (unpaired) electrons. The molecule has 1 N–H and O–H groups in total. The summed E-state index contributed by atoms with van der Waals surface area (Å²) in [5.41, 5.74) is 2.55. The topological polar surface area (TPSA) is 73.6 Å². The Morgan fingerprint density at radius 3 is 2.92 bits per heavy atom. The largest absolute Gasteiger partial charge is 0.454 e. The Kier molecular flexibility index (Phi) is 4.01. The molecule has 6 heteroatoms. The molecule has 6 nitrogen and oxygen atoms in total. The molecule has 0 aliphatic carbocycles. The van der Waals surface area contributed by atoms with Crippen LogP contribution in [0.1, 0.15) is 30.8 Å². The number of oxazole rings is 1. The molecule has 1 unspecified atom stereocenters. The number of ether oxygens (including phenoxy) is 2. The van der Waals surface area contributed by atoms with Gasteiger partial charge in [-0.25, -0.2) is 4.98 Å². The van der Waals surface area contributed by atoms with Crippen molar-refractivity contribution in [2.45, 2.75) is 25.8 Å². The molecule has 2 heterocycles. The Bertz CT molecular complexity index is 886. The molecule has 1 amide bonds. The lowest BCUT2D eigenvalue weighted by Gasteiger charge is -2.10. The van der Waals surface area contributed by atoms with Gasteiger partial charge in [0.25, 0.3) is 0 Å². The minimum Gasteiger partial charge on any atom is -0.454 e. The van der Waals surface area contributed by atoms with Crippen LogP contribution >= 0.6 is 0 Å². The highest BCUT2D eigenvalue weighted by molar-refractivity contribution is 5.77. The highest BCUT2D eigenvalue weighted by atomic mass is 16.7. The third-order valence-corrected chi connectivity index (χ3v) is 4.14. The van der Waals surface area contributed by atoms with Crippen LogP contribution in [0.5, 0.6) is 11.5 Å². The van der Waals surface area contributed by atoms with E-state index in [1.54, 1.807) is 0 Å². The number of aryl methyl sites for hydroxylation is 1. The van der Waals surface area contributed by atoms with Crippen molar-refractivity contribution < 1.29 is 18.7 Å². The summed E-state index contributed by atoms with van der Waals surface area (Å²) in [6.07, 6.45) is 1.01. The zero-order chi connectivity index (χ0) is 17.2. The van der Waals surface area contributed by atoms with E-state index in [-0.39, 0.29) is 18.7 Å². The minimum atomic E-state index is -0.281. The summed E-state index contributed by atoms with van der Waals surface area (Å²) in [5.74, 6) is 1.94. The zero-order valence-electron chi connectivity index (χ0n) is 13.8. The standard InChI is InChI=1S/C19H18N2O4/c1-12(19-21-14-4-2-3-5-15(14)25-19)20-18(22)9-7-13-6-8-16-17(10-13)24-11-23-16/h2-6,8,10,12H,7,9,11H2,1H3,(H,20,22). The van der Waals surface area contributed by atoms with Crippen LogP contribution in [0.3, 0.4) is 0 Å². The Balaban J connectivity index is 1.35. The van der Waals surface area contributed by atoms with Gasteiger partial charge in [-0.2, -0.15) is 0 Å². The number of para-hydroxylation sites is 2. The van der Waals surface area contributed by atoms with Crippen molar-refractivity contribution in [3.8, 4) is 11.5 Å². The molecule has 0 spiro atoms. The third kappa shape index (κ3) is 3.28. The Morgan fingerprint density at radius 1 is 1.20 bits per heavy atom. The number of aromatic nitrogens is 1. The van der Waals surface area contributed by atoms with Gasteiger partial charge in [-0.05, 0) is 43.2 Å². The van der Waals surface area contributed by atoms with Gasteiger partial charge in [0.1, 0.15) is 11.6 Å². The van der Waals surface area contributed by atoms with Crippen molar-refractivity contribution in [3.05, 3.63) is 53.9 Å². The number of carbonyl (C=O) groups is 1. The first-order valence-electron chi connectivity index (χ1n) is 8.22. The van der Waals surface area contributed by atoms with Crippen LogP contribution < -0.4 is 14.8 Å². The van der Waals surface area contributed by atoms with E-state index >= 15 is 0 Å². The summed E-state index contributed by atoms with van der Waals surface area (Å²) in [6.45, 7) is 2.12. The van der Waals surface area contributed by atoms with Crippen LogP contribution in [0, 0.1) is 0 Å². The Morgan fingerprint density at radius 2 is 2.04 bits per heavy atom. The van der Waals surface area contributed by atoms with Crippen molar-refractivity contribution in [2.24, 2.45) is 0 Å². The average Bonchev–Trinajstić information content (AvgIpc) is 3.25. The van der Waals surface area contributed by atoms with Crippen LogP contribution in [0.2, 0.25) is 0 Å². The van der Waals surface area contributed by atoms with E-state index in [0.29, 0.717) is 18.7 Å². The highest BCUT2D eigenvalue weighted by Gasteiger charge is 2.17. The van der Waals surface area contributed by atoms with Gasteiger partial charge in [0.15, 0.2) is 17.1 Å². The molecular weight excluding hydrogens is 320 g/mol. The van der Waals surface area contributed by atoms with Crippen molar-refractivity contribution in [2.75, 3.05) is 6.79 Å². The van der Waals surface area contributed by atoms with Gasteiger partial charge >= 0.3 is 0 Å². The van der Waals surface area contributed by atoms with Gasteiger partial charge in [0, 0.05) is 6.42 Å². The minimum absolute atomic E-state index is 0.0487. The van der Waals surface area contributed by atoms with Crippen LogP contribution in [0.4, 0.5) is 0 Å². The fourth-order valence-electron chi connectivity index (χ4n) is 2.80. The number of nitrogens with one attached hydrogen (secondary N) is 1. The van der Waals surface area contributed by atoms with Gasteiger partial charge in [0.05, 0.1) is 0 Å². The number of fused-ring (bicyclic) bond motifs is 2. The summed E-state index contributed by atoms with van der Waals surface area (Å²) in [6, 6.07) is 13.0. The monoisotopic (exact) mass is 338 g/mol. The Labute approximate surface area is 144 Å². The lowest BCUT2D eigenvalue weighted by molar-refractivity contribution is -0.121. The first-order valence-corrected chi connectivity index (χ1v) is 8.22. The second-order valence-corrected chi connectivity index (χ2v) is 6.00. The van der Waals surface area contributed by atoms with E-state index in [4.69, 9.17) is 13.9 Å². The smallest absolute Gasteiger partial charge is 0.231 e. The maximum Gasteiger partial charge on any atom is 0.231 e. The van der Waals surface area contributed by atoms with Crippen LogP contribution in [0.25, 0.3) is 11.1 Å². The molecular formula is C19H18N2O4. The molecule has 0 saturated carbocycles. The molecule has 128 valence electrons. The maximum atomic E-state index is 12.2. The first kappa shape index (κ1) is 15.5. The quantitative estimate of drug-likeness (QED) is 0.772. The second kappa shape index (κ2) is 6.47. The lowest BCUT2D eigenvalue weighted by atomic mass is 10.1. The van der Waals surface area contributed by atoms with E-state index in [0.717, 1.165) is 28.2 Å². The molecule has 3 aromatic rings. The first-order chi connectivity index (χ1) is 12.2. The predicted molar refractivity (Wildman–Crippen MR) is 91.5 cm³/mol. The van der Waals surface area contributed by atoms with Gasteiger partial charge < -0.3 is 19.2 Å². The molecule has 0 bridgehead atoms. The Hall–Kier alpha value is -3.02. The SMILES string of the molecule is CC(NC(=O)CCc1ccc2c(c1)OCO2)c1nc2ccccc2o1. The van der Waals surface area contributed by atoms with E-state index in [2.05, 4.69) is 10.3 Å². The molecule has 1 aliphatic rings. The van der Waals surface area contributed by atoms with E-state index in [9.17, 15) is 4.79 Å². The number of benzene rings is 2. The second-order valence-electron chi connectivity index (χ2n) is 6.00. The third-order valence-electron chi connectivity index (χ3n) is 4.14. The van der Waals surface area contributed by atoms with Crippen molar-refractivity contribution in [1.82, 2.24) is 10.3 Å². The van der Waals surface area contributed by atoms with E-state index < -0.39 is 0 Å². The van der Waals surface area contributed by atoms with Gasteiger partial charge in [-0.1, -0.05) is 18.2 Å². The summed E-state index contributed by atoms with van der Waals surface area (Å²) in [4.78, 5) is 16.6.